The van der Waals surface area contributed by atoms with Gasteiger partial charge in [-0.3, -0.25) is 9.69 Å². The lowest BCUT2D eigenvalue weighted by Crippen LogP contribution is -2.39. The van der Waals surface area contributed by atoms with E-state index in [1.807, 2.05) is 90.5 Å². The number of amides is 1. The Balaban J connectivity index is 1.47. The van der Waals surface area contributed by atoms with E-state index in [0.29, 0.717) is 11.3 Å². The average molecular weight is 481 g/mol. The monoisotopic (exact) mass is 480 g/mol. The number of para-hydroxylation sites is 1. The number of hydrogen-bond donors (Lipinski definition) is 1. The van der Waals surface area contributed by atoms with Crippen LogP contribution in [0.2, 0.25) is 0 Å². The highest BCUT2D eigenvalue weighted by Crippen LogP contribution is 2.28. The van der Waals surface area contributed by atoms with Crippen molar-refractivity contribution >= 4 is 5.91 Å². The Morgan fingerprint density at radius 2 is 1.53 bits per heavy atom. The topological polar surface area (TPSA) is 59.4 Å². The van der Waals surface area contributed by atoms with Crippen LogP contribution in [0.25, 0.3) is 16.9 Å². The fourth-order valence-corrected chi connectivity index (χ4v) is 4.77. The van der Waals surface area contributed by atoms with Crippen LogP contribution in [0.15, 0.2) is 91.0 Å². The first-order chi connectivity index (χ1) is 17.7. The van der Waals surface area contributed by atoms with Crippen molar-refractivity contribution < 1.29 is 9.53 Å². The van der Waals surface area contributed by atoms with Crippen LogP contribution in [0.3, 0.4) is 0 Å². The van der Waals surface area contributed by atoms with Crippen LogP contribution in [0.4, 0.5) is 0 Å². The smallest absolute Gasteiger partial charge is 0.255 e. The average Bonchev–Trinajstić information content (AvgIpc) is 3.30. The van der Waals surface area contributed by atoms with Crippen LogP contribution in [-0.2, 0) is 4.74 Å². The fraction of sp³-hybridized carbons (Fsp3) is 0.267. The largest absolute Gasteiger partial charge is 0.379 e. The molecule has 1 aromatic heterocycles. The minimum absolute atomic E-state index is 0.107. The molecule has 0 spiro atoms. The van der Waals surface area contributed by atoms with Gasteiger partial charge in [0, 0.05) is 25.2 Å². The SMILES string of the molecule is Cc1c(C(=O)NC(CCN2CCOCC2)c2ccccc2)c(-c2ccccc2)nn1-c1ccccc1. The summed E-state index contributed by atoms with van der Waals surface area (Å²) in [7, 11) is 0. The molecule has 6 heteroatoms. The molecule has 1 aliphatic rings. The molecule has 5 rings (SSSR count). The van der Waals surface area contributed by atoms with Crippen LogP contribution in [-0.4, -0.2) is 53.4 Å². The van der Waals surface area contributed by atoms with Gasteiger partial charge in [0.1, 0.15) is 5.69 Å². The van der Waals surface area contributed by atoms with Crippen molar-refractivity contribution in [2.24, 2.45) is 0 Å². The lowest BCUT2D eigenvalue weighted by molar-refractivity contribution is 0.0360. The van der Waals surface area contributed by atoms with Crippen molar-refractivity contribution in [2.75, 3.05) is 32.8 Å². The lowest BCUT2D eigenvalue weighted by atomic mass is 10.0. The molecule has 6 nitrogen and oxygen atoms in total. The standard InChI is InChI=1S/C30H32N4O2/c1-23-28(29(25-13-7-3-8-14-25)32-34(23)26-15-9-4-10-16-26)30(35)31-27(24-11-5-2-6-12-24)17-18-33-19-21-36-22-20-33/h2-16,27H,17-22H2,1H3,(H,31,35). The number of nitrogens with zero attached hydrogens (tertiary/aromatic N) is 3. The van der Waals surface area contributed by atoms with Gasteiger partial charge in [-0.1, -0.05) is 78.9 Å². The molecule has 1 saturated heterocycles. The molecule has 4 aromatic rings. The normalized spacial score (nSPS) is 14.9. The summed E-state index contributed by atoms with van der Waals surface area (Å²) in [5.74, 6) is -0.107. The summed E-state index contributed by atoms with van der Waals surface area (Å²) in [6.45, 7) is 6.25. The summed E-state index contributed by atoms with van der Waals surface area (Å²) in [5.41, 5.74) is 5.07. The molecule has 1 fully saturated rings. The summed E-state index contributed by atoms with van der Waals surface area (Å²) in [4.78, 5) is 16.3. The summed E-state index contributed by atoms with van der Waals surface area (Å²) in [6.07, 6.45) is 0.822. The Morgan fingerprint density at radius 1 is 0.917 bits per heavy atom. The summed E-state index contributed by atoms with van der Waals surface area (Å²) < 4.78 is 7.36. The molecule has 36 heavy (non-hydrogen) atoms. The van der Waals surface area contributed by atoms with Crippen molar-refractivity contribution in [3.63, 3.8) is 0 Å². The Morgan fingerprint density at radius 3 is 2.19 bits per heavy atom. The molecule has 1 unspecified atom stereocenters. The van der Waals surface area contributed by atoms with E-state index in [9.17, 15) is 4.79 Å². The number of carbonyl (C=O) groups is 1. The third-order valence-corrected chi connectivity index (χ3v) is 6.74. The first-order valence-electron chi connectivity index (χ1n) is 12.6. The lowest BCUT2D eigenvalue weighted by Gasteiger charge is -2.29. The number of ether oxygens (including phenoxy) is 1. The van der Waals surface area contributed by atoms with E-state index < -0.39 is 0 Å². The van der Waals surface area contributed by atoms with Gasteiger partial charge < -0.3 is 10.1 Å². The van der Waals surface area contributed by atoms with E-state index in [4.69, 9.17) is 9.84 Å². The van der Waals surface area contributed by atoms with E-state index in [1.165, 1.54) is 0 Å². The molecule has 0 aliphatic carbocycles. The maximum atomic E-state index is 13.9. The highest BCUT2D eigenvalue weighted by Gasteiger charge is 2.26. The number of carbonyl (C=O) groups excluding carboxylic acids is 1. The second-order valence-corrected chi connectivity index (χ2v) is 9.10. The molecule has 2 heterocycles. The van der Waals surface area contributed by atoms with E-state index in [1.54, 1.807) is 0 Å². The Hall–Kier alpha value is -3.74. The van der Waals surface area contributed by atoms with Gasteiger partial charge in [0.05, 0.1) is 36.2 Å². The van der Waals surface area contributed by atoms with Crippen LogP contribution >= 0.6 is 0 Å². The molecular formula is C30H32N4O2. The number of aromatic nitrogens is 2. The Bertz CT molecular complexity index is 1270. The maximum absolute atomic E-state index is 13.9. The molecule has 1 N–H and O–H groups in total. The molecule has 0 bridgehead atoms. The van der Waals surface area contributed by atoms with E-state index in [2.05, 4.69) is 22.3 Å². The van der Waals surface area contributed by atoms with E-state index in [0.717, 1.165) is 61.8 Å². The predicted octanol–water partition coefficient (Wildman–Crippen LogP) is 5.04. The van der Waals surface area contributed by atoms with Gasteiger partial charge in [0.15, 0.2) is 0 Å². The number of morpholine rings is 1. The van der Waals surface area contributed by atoms with Gasteiger partial charge in [-0.2, -0.15) is 5.10 Å². The van der Waals surface area contributed by atoms with Gasteiger partial charge in [0.2, 0.25) is 0 Å². The first-order valence-corrected chi connectivity index (χ1v) is 12.6. The second kappa shape index (κ2) is 11.3. The minimum Gasteiger partial charge on any atom is -0.379 e. The third kappa shape index (κ3) is 5.40. The highest BCUT2D eigenvalue weighted by molar-refractivity contribution is 6.01. The number of rotatable bonds is 8. The summed E-state index contributed by atoms with van der Waals surface area (Å²) in [5, 5.41) is 8.26. The molecule has 1 aliphatic heterocycles. The molecule has 0 saturated carbocycles. The first kappa shape index (κ1) is 24.0. The number of benzene rings is 3. The maximum Gasteiger partial charge on any atom is 0.255 e. The van der Waals surface area contributed by atoms with Crippen molar-refractivity contribution in [2.45, 2.75) is 19.4 Å². The molecule has 1 atom stereocenters. The van der Waals surface area contributed by atoms with Gasteiger partial charge in [-0.15, -0.1) is 0 Å². The van der Waals surface area contributed by atoms with Crippen LogP contribution in [0.5, 0.6) is 0 Å². The number of hydrogen-bond acceptors (Lipinski definition) is 4. The quantitative estimate of drug-likeness (QED) is 0.384. The van der Waals surface area contributed by atoms with Crippen molar-refractivity contribution in [3.05, 3.63) is 108 Å². The van der Waals surface area contributed by atoms with Gasteiger partial charge in [0.25, 0.3) is 5.91 Å². The molecule has 1 amide bonds. The minimum atomic E-state index is -0.107. The summed E-state index contributed by atoms with van der Waals surface area (Å²) >= 11 is 0. The van der Waals surface area contributed by atoms with Crippen LogP contribution in [0.1, 0.15) is 34.1 Å². The zero-order valence-corrected chi connectivity index (χ0v) is 20.6. The van der Waals surface area contributed by atoms with E-state index >= 15 is 0 Å². The van der Waals surface area contributed by atoms with Gasteiger partial charge in [-0.25, -0.2) is 4.68 Å². The highest BCUT2D eigenvalue weighted by atomic mass is 16.5. The Kier molecular flexibility index (Phi) is 7.55. The Labute approximate surface area is 212 Å². The van der Waals surface area contributed by atoms with Crippen molar-refractivity contribution in [1.29, 1.82) is 0 Å². The molecule has 184 valence electrons. The predicted molar refractivity (Wildman–Crippen MR) is 142 cm³/mol. The number of nitrogens with one attached hydrogen (secondary N) is 1. The van der Waals surface area contributed by atoms with Gasteiger partial charge in [-0.05, 0) is 31.0 Å². The van der Waals surface area contributed by atoms with Crippen LogP contribution < -0.4 is 5.32 Å². The van der Waals surface area contributed by atoms with Gasteiger partial charge >= 0.3 is 0 Å². The molecular weight excluding hydrogens is 448 g/mol. The molecule has 0 radical (unpaired) electrons. The summed E-state index contributed by atoms with van der Waals surface area (Å²) in [6, 6.07) is 30.0. The zero-order chi connectivity index (χ0) is 24.7. The molecule has 3 aromatic carbocycles. The third-order valence-electron chi connectivity index (χ3n) is 6.74. The van der Waals surface area contributed by atoms with E-state index in [-0.39, 0.29) is 11.9 Å². The van der Waals surface area contributed by atoms with Crippen molar-refractivity contribution in [3.8, 4) is 16.9 Å². The fourth-order valence-electron chi connectivity index (χ4n) is 4.77. The van der Waals surface area contributed by atoms with Crippen LogP contribution in [0, 0.1) is 6.92 Å². The second-order valence-electron chi connectivity index (χ2n) is 9.10. The van der Waals surface area contributed by atoms with Crippen molar-refractivity contribution in [1.82, 2.24) is 20.0 Å². The zero-order valence-electron chi connectivity index (χ0n) is 20.6.